The van der Waals surface area contributed by atoms with Crippen molar-refractivity contribution in [3.8, 4) is 0 Å². The number of aromatic nitrogens is 1. The van der Waals surface area contributed by atoms with E-state index in [0.717, 1.165) is 18.8 Å². The molecule has 1 aromatic rings. The fourth-order valence-electron chi connectivity index (χ4n) is 3.54. The number of hydrogen-bond donors (Lipinski definition) is 2. The third-order valence-corrected chi connectivity index (χ3v) is 4.88. The van der Waals surface area contributed by atoms with Crippen LogP contribution in [0.4, 0.5) is 13.2 Å². The summed E-state index contributed by atoms with van der Waals surface area (Å²) in [6.45, 7) is 7.36. The number of carbonyl (C=O) groups is 3. The van der Waals surface area contributed by atoms with E-state index in [1.54, 1.807) is 6.07 Å². The van der Waals surface area contributed by atoms with Gasteiger partial charge in [-0.1, -0.05) is 6.07 Å². The van der Waals surface area contributed by atoms with Crippen molar-refractivity contribution in [1.82, 2.24) is 15.2 Å². The molecule has 7 nitrogen and oxygen atoms in total. The van der Waals surface area contributed by atoms with Gasteiger partial charge < -0.3 is 15.3 Å². The maximum Gasteiger partial charge on any atom is 0.490 e. The van der Waals surface area contributed by atoms with E-state index in [4.69, 9.17) is 9.90 Å². The lowest BCUT2D eigenvalue weighted by Gasteiger charge is -2.19. The van der Waals surface area contributed by atoms with Crippen molar-refractivity contribution in [2.75, 3.05) is 13.1 Å². The minimum Gasteiger partial charge on any atom is -0.475 e. The van der Waals surface area contributed by atoms with Gasteiger partial charge in [-0.15, -0.1) is 0 Å². The SMILES string of the molecule is Cc1cccc(C(=O)N2C[C@@H]3C(CC(=O)NC(C)C)[C@@H]3C2)n1.O=C(O)C(F)(F)F. The number of nitrogens with one attached hydrogen (secondary N) is 1. The summed E-state index contributed by atoms with van der Waals surface area (Å²) in [6.07, 6.45) is -4.49. The number of carbonyl (C=O) groups excluding carboxylic acids is 2. The average Bonchev–Trinajstić information content (AvgIpc) is 3.02. The lowest BCUT2D eigenvalue weighted by atomic mass is 10.1. The van der Waals surface area contributed by atoms with Crippen molar-refractivity contribution in [3.63, 3.8) is 0 Å². The summed E-state index contributed by atoms with van der Waals surface area (Å²) in [4.78, 5) is 39.3. The van der Waals surface area contributed by atoms with Gasteiger partial charge >= 0.3 is 12.1 Å². The Labute approximate surface area is 166 Å². The van der Waals surface area contributed by atoms with E-state index in [-0.39, 0.29) is 17.9 Å². The van der Waals surface area contributed by atoms with Crippen molar-refractivity contribution >= 4 is 17.8 Å². The summed E-state index contributed by atoms with van der Waals surface area (Å²) in [5, 5.41) is 10.1. The number of amides is 2. The molecule has 10 heteroatoms. The molecule has 3 rings (SSSR count). The number of fused-ring (bicyclic) bond motifs is 1. The van der Waals surface area contributed by atoms with Crippen LogP contribution in [0.25, 0.3) is 0 Å². The van der Waals surface area contributed by atoms with Crippen molar-refractivity contribution in [2.24, 2.45) is 17.8 Å². The predicted octanol–water partition coefficient (Wildman–Crippen LogP) is 2.26. The largest absolute Gasteiger partial charge is 0.490 e. The molecule has 0 radical (unpaired) electrons. The molecular formula is C19H24F3N3O4. The number of aryl methyl sites for hydroxylation is 1. The topological polar surface area (TPSA) is 99.6 Å². The highest BCUT2D eigenvalue weighted by Gasteiger charge is 2.56. The van der Waals surface area contributed by atoms with E-state index >= 15 is 0 Å². The number of aliphatic carboxylic acids is 1. The molecule has 0 aromatic carbocycles. The van der Waals surface area contributed by atoms with Crippen LogP contribution >= 0.6 is 0 Å². The van der Waals surface area contributed by atoms with Crippen molar-refractivity contribution in [1.29, 1.82) is 0 Å². The molecule has 1 saturated heterocycles. The minimum atomic E-state index is -5.08. The third kappa shape index (κ3) is 6.16. The van der Waals surface area contributed by atoms with Crippen LogP contribution in [0.3, 0.4) is 0 Å². The number of piperidine rings is 1. The van der Waals surface area contributed by atoms with Gasteiger partial charge in [0.05, 0.1) is 0 Å². The first-order valence-electron chi connectivity index (χ1n) is 9.22. The van der Waals surface area contributed by atoms with Crippen molar-refractivity contribution in [3.05, 3.63) is 29.6 Å². The van der Waals surface area contributed by atoms with Crippen molar-refractivity contribution in [2.45, 2.75) is 39.4 Å². The Kier molecular flexibility index (Phi) is 6.86. The molecule has 0 bridgehead atoms. The number of pyridine rings is 1. The number of carboxylic acid groups (broad SMARTS) is 1. The molecule has 1 aromatic heterocycles. The average molecular weight is 415 g/mol. The van der Waals surface area contributed by atoms with E-state index in [1.807, 2.05) is 37.8 Å². The Morgan fingerprint density at radius 3 is 2.24 bits per heavy atom. The molecule has 160 valence electrons. The lowest BCUT2D eigenvalue weighted by molar-refractivity contribution is -0.192. The Morgan fingerprint density at radius 2 is 1.79 bits per heavy atom. The van der Waals surface area contributed by atoms with Gasteiger partial charge in [0.15, 0.2) is 0 Å². The standard InChI is InChI=1S/C17H23N3O2.C2HF3O2/c1-10(2)18-16(21)7-12-13-8-20(9-14(12)13)17(22)15-6-4-5-11(3)19-15;3-2(4,5)1(6)7/h4-6,10,12-14H,7-9H2,1-3H3,(H,18,21);(H,6,7)/t12?,13-,14+;. The maximum absolute atomic E-state index is 12.4. The molecule has 0 spiro atoms. The first-order chi connectivity index (χ1) is 13.4. The van der Waals surface area contributed by atoms with Crippen LogP contribution < -0.4 is 5.32 Å². The molecule has 1 unspecified atom stereocenters. The van der Waals surface area contributed by atoms with Gasteiger partial charge in [-0.25, -0.2) is 9.78 Å². The first kappa shape index (κ1) is 22.6. The van der Waals surface area contributed by atoms with Gasteiger partial charge in [0.1, 0.15) is 5.69 Å². The highest BCUT2D eigenvalue weighted by atomic mass is 19.4. The zero-order valence-corrected chi connectivity index (χ0v) is 16.4. The van der Waals surface area contributed by atoms with Gasteiger partial charge in [0.25, 0.3) is 5.91 Å². The van der Waals surface area contributed by atoms with Crippen LogP contribution in [0.5, 0.6) is 0 Å². The number of rotatable bonds is 4. The number of nitrogens with zero attached hydrogens (tertiary/aromatic N) is 2. The third-order valence-electron chi connectivity index (χ3n) is 4.88. The lowest BCUT2D eigenvalue weighted by Crippen LogP contribution is -2.34. The van der Waals surface area contributed by atoms with Gasteiger partial charge in [0.2, 0.25) is 5.91 Å². The van der Waals surface area contributed by atoms with E-state index < -0.39 is 12.1 Å². The second kappa shape index (κ2) is 8.79. The van der Waals surface area contributed by atoms with Crippen molar-refractivity contribution < 1.29 is 32.7 Å². The summed E-state index contributed by atoms with van der Waals surface area (Å²) in [5.41, 5.74) is 1.38. The Bertz CT molecular complexity index is 770. The Morgan fingerprint density at radius 1 is 1.24 bits per heavy atom. The quantitative estimate of drug-likeness (QED) is 0.786. The maximum atomic E-state index is 12.4. The molecule has 1 aliphatic heterocycles. The highest BCUT2D eigenvalue weighted by Crippen LogP contribution is 2.53. The van der Waals surface area contributed by atoms with E-state index in [9.17, 15) is 22.8 Å². The zero-order chi connectivity index (χ0) is 21.9. The molecule has 2 amide bonds. The number of carboxylic acids is 1. The van der Waals surface area contributed by atoms with Gasteiger partial charge in [-0.2, -0.15) is 13.2 Å². The van der Waals surface area contributed by atoms with E-state index in [1.165, 1.54) is 0 Å². The number of halogens is 3. The van der Waals surface area contributed by atoms with Crippen LogP contribution in [0.2, 0.25) is 0 Å². The number of alkyl halides is 3. The van der Waals surface area contributed by atoms with E-state index in [2.05, 4.69) is 10.3 Å². The number of hydrogen-bond acceptors (Lipinski definition) is 4. The summed E-state index contributed by atoms with van der Waals surface area (Å²) in [7, 11) is 0. The Hall–Kier alpha value is -2.65. The summed E-state index contributed by atoms with van der Waals surface area (Å²) >= 11 is 0. The van der Waals surface area contributed by atoms with Gasteiger partial charge in [0, 0.05) is 31.2 Å². The van der Waals surface area contributed by atoms with Crippen LogP contribution in [-0.4, -0.2) is 58.1 Å². The van der Waals surface area contributed by atoms with E-state index in [0.29, 0.717) is 29.9 Å². The molecular weight excluding hydrogens is 391 g/mol. The number of likely N-dealkylation sites (tertiary alicyclic amines) is 1. The molecule has 2 fully saturated rings. The van der Waals surface area contributed by atoms with Crippen LogP contribution in [-0.2, 0) is 9.59 Å². The van der Waals surface area contributed by atoms with Crippen LogP contribution in [0, 0.1) is 24.7 Å². The zero-order valence-electron chi connectivity index (χ0n) is 16.4. The second-order valence-corrected chi connectivity index (χ2v) is 7.60. The van der Waals surface area contributed by atoms with Crippen LogP contribution in [0.1, 0.15) is 36.5 Å². The fraction of sp³-hybridized carbons (Fsp3) is 0.579. The predicted molar refractivity (Wildman–Crippen MR) is 96.9 cm³/mol. The molecule has 2 N–H and O–H groups in total. The smallest absolute Gasteiger partial charge is 0.475 e. The molecule has 3 atom stereocenters. The van der Waals surface area contributed by atoms with Crippen LogP contribution in [0.15, 0.2) is 18.2 Å². The molecule has 2 heterocycles. The molecule has 1 aliphatic carbocycles. The molecule has 29 heavy (non-hydrogen) atoms. The summed E-state index contributed by atoms with van der Waals surface area (Å²) in [5.74, 6) is -1.17. The summed E-state index contributed by atoms with van der Waals surface area (Å²) < 4.78 is 31.7. The molecule has 2 aliphatic rings. The Balaban J connectivity index is 0.000000370. The monoisotopic (exact) mass is 415 g/mol. The fourth-order valence-corrected chi connectivity index (χ4v) is 3.54. The van der Waals surface area contributed by atoms with Gasteiger partial charge in [-0.3, -0.25) is 9.59 Å². The first-order valence-corrected chi connectivity index (χ1v) is 9.22. The highest BCUT2D eigenvalue weighted by molar-refractivity contribution is 5.92. The summed E-state index contributed by atoms with van der Waals surface area (Å²) in [6, 6.07) is 5.72. The normalized spacial score (nSPS) is 22.4. The van der Waals surface area contributed by atoms with Gasteiger partial charge in [-0.05, 0) is 50.7 Å². The minimum absolute atomic E-state index is 0.0151. The molecule has 1 saturated carbocycles. The second-order valence-electron chi connectivity index (χ2n) is 7.60.